The Bertz CT molecular complexity index is 843. The van der Waals surface area contributed by atoms with Gasteiger partial charge in [-0.15, -0.1) is 0 Å². The van der Waals surface area contributed by atoms with Crippen LogP contribution >= 0.6 is 0 Å². The third kappa shape index (κ3) is 2.20. The van der Waals surface area contributed by atoms with E-state index in [9.17, 15) is 9.59 Å². The number of benzene rings is 1. The monoisotopic (exact) mass is 285 g/mol. The number of aldehydes is 1. The molecule has 3 rings (SSSR count). The van der Waals surface area contributed by atoms with Crippen molar-refractivity contribution in [3.63, 3.8) is 0 Å². The molecule has 2 aromatic heterocycles. The molecule has 0 N–H and O–H groups in total. The lowest BCUT2D eigenvalue weighted by molar-refractivity contribution is 0.0601. The van der Waals surface area contributed by atoms with E-state index in [2.05, 4.69) is 4.98 Å². The van der Waals surface area contributed by atoms with Crippen LogP contribution in [0.5, 0.6) is 0 Å². The Labute approximate surface area is 119 Å². The Hall–Kier alpha value is -2.89. The van der Waals surface area contributed by atoms with Gasteiger partial charge in [0.2, 0.25) is 0 Å². The van der Waals surface area contributed by atoms with Gasteiger partial charge < -0.3 is 13.6 Å². The largest absolute Gasteiger partial charge is 0.465 e. The maximum absolute atomic E-state index is 11.7. The lowest BCUT2D eigenvalue weighted by Gasteiger charge is -2.02. The Balaban J connectivity index is 2.27. The number of aromatic nitrogens is 1. The van der Waals surface area contributed by atoms with Gasteiger partial charge >= 0.3 is 5.97 Å². The summed E-state index contributed by atoms with van der Waals surface area (Å²) in [6, 6.07) is 6.36. The highest BCUT2D eigenvalue weighted by Gasteiger charge is 2.18. The second-order valence-electron chi connectivity index (χ2n) is 4.42. The molecule has 0 saturated heterocycles. The van der Waals surface area contributed by atoms with Crippen LogP contribution in [0.1, 0.15) is 26.8 Å². The first-order valence-corrected chi connectivity index (χ1v) is 6.17. The van der Waals surface area contributed by atoms with Gasteiger partial charge in [0.25, 0.3) is 0 Å². The fourth-order valence-corrected chi connectivity index (χ4v) is 2.12. The Kier molecular flexibility index (Phi) is 3.06. The molecule has 0 atom stereocenters. The topological polar surface area (TPSA) is 82.5 Å². The van der Waals surface area contributed by atoms with Gasteiger partial charge in [0, 0.05) is 6.92 Å². The van der Waals surface area contributed by atoms with Gasteiger partial charge in [-0.2, -0.15) is 0 Å². The third-order valence-corrected chi connectivity index (χ3v) is 3.03. The van der Waals surface area contributed by atoms with Crippen LogP contribution in [0.2, 0.25) is 0 Å². The molecule has 0 fully saturated rings. The molecular weight excluding hydrogens is 274 g/mol. The molecule has 1 aromatic carbocycles. The molecule has 6 heteroatoms. The van der Waals surface area contributed by atoms with Crippen LogP contribution in [0.15, 0.2) is 33.1 Å². The molecule has 6 nitrogen and oxygen atoms in total. The van der Waals surface area contributed by atoms with E-state index in [1.807, 2.05) is 0 Å². The minimum absolute atomic E-state index is 0.192. The average Bonchev–Trinajstić information content (AvgIpc) is 3.10. The number of carbonyl (C=O) groups is 2. The van der Waals surface area contributed by atoms with E-state index in [-0.39, 0.29) is 5.76 Å². The van der Waals surface area contributed by atoms with E-state index in [0.717, 1.165) is 0 Å². The molecule has 0 spiro atoms. The summed E-state index contributed by atoms with van der Waals surface area (Å²) in [5.74, 6) is 0.596. The summed E-state index contributed by atoms with van der Waals surface area (Å²) in [6.45, 7) is 1.71. The van der Waals surface area contributed by atoms with Crippen molar-refractivity contribution in [2.24, 2.45) is 0 Å². The summed E-state index contributed by atoms with van der Waals surface area (Å²) in [5, 5.41) is 0. The number of esters is 1. The highest BCUT2D eigenvalue weighted by molar-refractivity contribution is 5.99. The van der Waals surface area contributed by atoms with Gasteiger partial charge in [0.15, 0.2) is 23.5 Å². The zero-order chi connectivity index (χ0) is 15.0. The summed E-state index contributed by atoms with van der Waals surface area (Å²) >= 11 is 0. The molecule has 2 heterocycles. The van der Waals surface area contributed by atoms with Crippen molar-refractivity contribution >= 4 is 23.4 Å². The summed E-state index contributed by atoms with van der Waals surface area (Å²) in [5.41, 5.74) is 1.89. The smallest absolute Gasteiger partial charge is 0.337 e. The van der Waals surface area contributed by atoms with Gasteiger partial charge in [0.05, 0.1) is 18.2 Å². The minimum atomic E-state index is -0.485. The van der Waals surface area contributed by atoms with Gasteiger partial charge in [-0.25, -0.2) is 9.78 Å². The number of hydrogen-bond donors (Lipinski definition) is 0. The molecule has 0 aliphatic carbocycles. The number of nitrogens with zero attached hydrogens (tertiary/aromatic N) is 1. The SMILES string of the molecule is COC(=O)c1cc(-c2ccc(C=O)o2)c2oc(C)nc2c1. The molecule has 0 amide bonds. The molecule has 106 valence electrons. The Morgan fingerprint density at radius 1 is 1.29 bits per heavy atom. The van der Waals surface area contributed by atoms with Gasteiger partial charge in [-0.05, 0) is 24.3 Å². The van der Waals surface area contributed by atoms with Gasteiger partial charge in [-0.1, -0.05) is 0 Å². The van der Waals surface area contributed by atoms with Crippen molar-refractivity contribution in [2.75, 3.05) is 7.11 Å². The normalized spacial score (nSPS) is 10.8. The standard InChI is InChI=1S/C15H11NO5/c1-8-16-12-6-9(15(18)19-2)5-11(14(12)20-8)13-4-3-10(7-17)21-13/h3-7H,1-2H3. The first-order chi connectivity index (χ1) is 10.1. The molecule has 0 aliphatic rings. The van der Waals surface area contributed by atoms with Crippen LogP contribution in [-0.4, -0.2) is 24.3 Å². The van der Waals surface area contributed by atoms with E-state index >= 15 is 0 Å². The van der Waals surface area contributed by atoms with Gasteiger partial charge in [0.1, 0.15) is 11.3 Å². The zero-order valence-electron chi connectivity index (χ0n) is 11.4. The fraction of sp³-hybridized carbons (Fsp3) is 0.133. The number of oxazole rings is 1. The first kappa shape index (κ1) is 13.1. The Morgan fingerprint density at radius 3 is 2.76 bits per heavy atom. The minimum Gasteiger partial charge on any atom is -0.465 e. The van der Waals surface area contributed by atoms with Crippen molar-refractivity contribution in [3.8, 4) is 11.3 Å². The molecule has 0 bridgehead atoms. The van der Waals surface area contributed by atoms with E-state index in [1.165, 1.54) is 7.11 Å². The highest BCUT2D eigenvalue weighted by Crippen LogP contribution is 2.32. The molecule has 0 unspecified atom stereocenters. The number of hydrogen-bond acceptors (Lipinski definition) is 6. The number of furan rings is 1. The number of rotatable bonds is 3. The average molecular weight is 285 g/mol. The third-order valence-electron chi connectivity index (χ3n) is 3.03. The molecule has 0 saturated carbocycles. The fourth-order valence-electron chi connectivity index (χ4n) is 2.12. The van der Waals surface area contributed by atoms with Crippen molar-refractivity contribution in [1.29, 1.82) is 0 Å². The number of aryl methyl sites for hydroxylation is 1. The van der Waals surface area contributed by atoms with Crippen molar-refractivity contribution in [2.45, 2.75) is 6.92 Å². The van der Waals surface area contributed by atoms with Gasteiger partial charge in [-0.3, -0.25) is 4.79 Å². The number of methoxy groups -OCH3 is 1. The molecule has 0 aliphatic heterocycles. The zero-order valence-corrected chi connectivity index (χ0v) is 11.4. The van der Waals surface area contributed by atoms with Crippen LogP contribution in [0.4, 0.5) is 0 Å². The summed E-state index contributed by atoms with van der Waals surface area (Å²) in [7, 11) is 1.30. The number of ether oxygens (including phenoxy) is 1. The van der Waals surface area contributed by atoms with Crippen LogP contribution < -0.4 is 0 Å². The first-order valence-electron chi connectivity index (χ1n) is 6.17. The molecular formula is C15H11NO5. The lowest BCUT2D eigenvalue weighted by Crippen LogP contribution is -2.01. The molecule has 21 heavy (non-hydrogen) atoms. The molecule has 0 radical (unpaired) electrons. The summed E-state index contributed by atoms with van der Waals surface area (Å²) in [6.07, 6.45) is 0.608. The predicted octanol–water partition coefficient (Wildman–Crippen LogP) is 3.00. The lowest BCUT2D eigenvalue weighted by atomic mass is 10.1. The van der Waals surface area contributed by atoms with Crippen molar-refractivity contribution < 1.29 is 23.2 Å². The van der Waals surface area contributed by atoms with E-state index in [1.54, 1.807) is 31.2 Å². The van der Waals surface area contributed by atoms with Crippen LogP contribution in [0, 0.1) is 6.92 Å². The van der Waals surface area contributed by atoms with Crippen LogP contribution in [0.25, 0.3) is 22.4 Å². The van der Waals surface area contributed by atoms with Crippen LogP contribution in [-0.2, 0) is 4.74 Å². The van der Waals surface area contributed by atoms with E-state index < -0.39 is 5.97 Å². The highest BCUT2D eigenvalue weighted by atomic mass is 16.5. The second-order valence-corrected chi connectivity index (χ2v) is 4.42. The summed E-state index contributed by atoms with van der Waals surface area (Å²) in [4.78, 5) is 26.7. The van der Waals surface area contributed by atoms with E-state index in [0.29, 0.717) is 40.2 Å². The maximum Gasteiger partial charge on any atom is 0.337 e. The predicted molar refractivity (Wildman–Crippen MR) is 73.2 cm³/mol. The number of fused-ring (bicyclic) bond motifs is 1. The molecule has 3 aromatic rings. The number of carbonyl (C=O) groups excluding carboxylic acids is 2. The van der Waals surface area contributed by atoms with Crippen molar-refractivity contribution in [3.05, 3.63) is 41.5 Å². The maximum atomic E-state index is 11.7. The van der Waals surface area contributed by atoms with Crippen LogP contribution in [0.3, 0.4) is 0 Å². The van der Waals surface area contributed by atoms with E-state index in [4.69, 9.17) is 13.6 Å². The quantitative estimate of drug-likeness (QED) is 0.543. The summed E-state index contributed by atoms with van der Waals surface area (Å²) < 4.78 is 15.7. The Morgan fingerprint density at radius 2 is 2.10 bits per heavy atom. The second kappa shape index (κ2) is 4.90. The van der Waals surface area contributed by atoms with Crippen molar-refractivity contribution in [1.82, 2.24) is 4.98 Å².